The Morgan fingerprint density at radius 3 is 2.74 bits per heavy atom. The van der Waals surface area contributed by atoms with Gasteiger partial charge in [0.25, 0.3) is 5.56 Å². The third kappa shape index (κ3) is 4.12. The zero-order chi connectivity index (χ0) is 22.0. The van der Waals surface area contributed by atoms with Crippen molar-refractivity contribution in [1.29, 1.82) is 0 Å². The quantitative estimate of drug-likeness (QED) is 0.385. The fraction of sp³-hybridized carbons (Fsp3) is 0.136. The molecule has 9 heteroatoms. The first-order valence-corrected chi connectivity index (χ1v) is 9.67. The van der Waals surface area contributed by atoms with Crippen molar-refractivity contribution < 1.29 is 14.6 Å². The van der Waals surface area contributed by atoms with Crippen LogP contribution in [0.4, 0.5) is 11.5 Å². The molecule has 9 nitrogen and oxygen atoms in total. The third-order valence-corrected chi connectivity index (χ3v) is 4.76. The van der Waals surface area contributed by atoms with Gasteiger partial charge in [0.2, 0.25) is 0 Å². The Kier molecular flexibility index (Phi) is 5.42. The zero-order valence-electron chi connectivity index (χ0n) is 16.9. The van der Waals surface area contributed by atoms with Crippen molar-refractivity contribution in [3.05, 3.63) is 64.0 Å². The van der Waals surface area contributed by atoms with Crippen LogP contribution in [0.1, 0.15) is 19.4 Å². The Labute approximate surface area is 177 Å². The molecular weight excluding hydrogens is 398 g/mol. The minimum absolute atomic E-state index is 0.256. The molecule has 0 saturated heterocycles. The second kappa shape index (κ2) is 8.33. The summed E-state index contributed by atoms with van der Waals surface area (Å²) in [4.78, 5) is 30.7. The number of carbonyl (C=O) groups is 1. The fourth-order valence-electron chi connectivity index (χ4n) is 3.25. The van der Waals surface area contributed by atoms with Crippen molar-refractivity contribution in [2.24, 2.45) is 0 Å². The van der Waals surface area contributed by atoms with Crippen molar-refractivity contribution in [3.63, 3.8) is 0 Å². The van der Waals surface area contributed by atoms with E-state index in [9.17, 15) is 9.59 Å². The SMILES string of the molecule is CCOc1cc(-c2cccc(/C=C(/C)C(=O)O)c2)ccc1-c1nc2c(c(=O)[nH]1)NNN2. The molecule has 0 amide bonds. The molecule has 2 heterocycles. The van der Waals surface area contributed by atoms with E-state index in [0.29, 0.717) is 35.2 Å². The van der Waals surface area contributed by atoms with Crippen LogP contribution in [0.25, 0.3) is 28.6 Å². The molecule has 0 saturated carbocycles. The Hall–Kier alpha value is -4.11. The van der Waals surface area contributed by atoms with Gasteiger partial charge in [-0.3, -0.25) is 15.6 Å². The molecule has 0 radical (unpaired) electrons. The molecule has 5 N–H and O–H groups in total. The van der Waals surface area contributed by atoms with Crippen LogP contribution in [0.15, 0.2) is 52.8 Å². The van der Waals surface area contributed by atoms with Gasteiger partial charge in [-0.2, -0.15) is 0 Å². The number of nitrogens with zero attached hydrogens (tertiary/aromatic N) is 1. The van der Waals surface area contributed by atoms with Gasteiger partial charge in [-0.05, 0) is 54.8 Å². The van der Waals surface area contributed by atoms with Crippen molar-refractivity contribution in [1.82, 2.24) is 15.5 Å². The number of carboxylic acids is 1. The molecule has 0 spiro atoms. The molecule has 1 aliphatic rings. The van der Waals surface area contributed by atoms with Crippen molar-refractivity contribution in [3.8, 4) is 28.3 Å². The second-order valence-corrected chi connectivity index (χ2v) is 6.92. The van der Waals surface area contributed by atoms with Gasteiger partial charge < -0.3 is 14.8 Å². The summed E-state index contributed by atoms with van der Waals surface area (Å²) in [5, 5.41) is 9.11. The average molecular weight is 419 g/mol. The number of fused-ring (bicyclic) bond motifs is 1. The Bertz CT molecular complexity index is 1250. The van der Waals surface area contributed by atoms with Crippen LogP contribution in [0.3, 0.4) is 0 Å². The summed E-state index contributed by atoms with van der Waals surface area (Å²) in [7, 11) is 0. The average Bonchev–Trinajstić information content (AvgIpc) is 3.23. The first-order valence-electron chi connectivity index (χ1n) is 9.67. The summed E-state index contributed by atoms with van der Waals surface area (Å²) >= 11 is 0. The summed E-state index contributed by atoms with van der Waals surface area (Å²) in [6.45, 7) is 3.87. The maximum absolute atomic E-state index is 12.3. The molecule has 1 aliphatic heterocycles. The van der Waals surface area contributed by atoms with Crippen LogP contribution in [0.5, 0.6) is 5.75 Å². The van der Waals surface area contributed by atoms with Gasteiger partial charge in [-0.25, -0.2) is 9.78 Å². The van der Waals surface area contributed by atoms with Crippen molar-refractivity contribution in [2.45, 2.75) is 13.8 Å². The van der Waals surface area contributed by atoms with Crippen LogP contribution in [0.2, 0.25) is 0 Å². The summed E-state index contributed by atoms with van der Waals surface area (Å²) in [5.41, 5.74) is 11.6. The topological polar surface area (TPSA) is 128 Å². The van der Waals surface area contributed by atoms with Crippen molar-refractivity contribution in [2.75, 3.05) is 17.5 Å². The van der Waals surface area contributed by atoms with E-state index in [1.54, 1.807) is 13.0 Å². The molecule has 0 fully saturated rings. The number of anilines is 2. The number of aliphatic carboxylic acids is 1. The van der Waals surface area contributed by atoms with E-state index in [4.69, 9.17) is 9.84 Å². The Morgan fingerprint density at radius 2 is 1.97 bits per heavy atom. The lowest BCUT2D eigenvalue weighted by Crippen LogP contribution is -2.21. The Morgan fingerprint density at radius 1 is 1.16 bits per heavy atom. The predicted octanol–water partition coefficient (Wildman–Crippen LogP) is 3.25. The normalized spacial score (nSPS) is 12.6. The van der Waals surface area contributed by atoms with Gasteiger partial charge in [0.05, 0.1) is 12.2 Å². The maximum Gasteiger partial charge on any atom is 0.331 e. The minimum atomic E-state index is -0.955. The standard InChI is InChI=1S/C22H21N5O4/c1-3-31-17-11-15(14-6-4-5-13(10-14)9-12(2)22(29)30)7-8-16(17)19-23-20-18(21(28)24-19)25-27-26-20/h4-11,25,27H,3H2,1-2H3,(H,29,30)(H2,23,24,26,28)/b12-9-. The number of rotatable bonds is 6. The van der Waals surface area contributed by atoms with E-state index in [0.717, 1.165) is 16.7 Å². The molecule has 3 aromatic rings. The van der Waals surface area contributed by atoms with Crippen LogP contribution < -0.4 is 26.7 Å². The van der Waals surface area contributed by atoms with Gasteiger partial charge in [0.15, 0.2) is 11.5 Å². The van der Waals surface area contributed by atoms with Gasteiger partial charge in [-0.15, -0.1) is 5.53 Å². The third-order valence-electron chi connectivity index (χ3n) is 4.76. The van der Waals surface area contributed by atoms with Gasteiger partial charge in [0.1, 0.15) is 11.6 Å². The van der Waals surface area contributed by atoms with E-state index in [1.165, 1.54) is 0 Å². The molecule has 1 aromatic heterocycles. The largest absolute Gasteiger partial charge is 0.493 e. The van der Waals surface area contributed by atoms with Crippen LogP contribution in [-0.4, -0.2) is 27.7 Å². The van der Waals surface area contributed by atoms with E-state index in [-0.39, 0.29) is 11.1 Å². The number of aromatic amines is 1. The van der Waals surface area contributed by atoms with Crippen LogP contribution >= 0.6 is 0 Å². The number of hydrazine groups is 2. The predicted molar refractivity (Wildman–Crippen MR) is 119 cm³/mol. The Balaban J connectivity index is 1.75. The lowest BCUT2D eigenvalue weighted by Gasteiger charge is -2.13. The number of nitrogens with one attached hydrogen (secondary N) is 4. The van der Waals surface area contributed by atoms with Gasteiger partial charge in [-0.1, -0.05) is 24.3 Å². The number of aromatic nitrogens is 2. The smallest absolute Gasteiger partial charge is 0.331 e. The number of benzene rings is 2. The number of hydrogen-bond acceptors (Lipinski definition) is 7. The molecule has 0 bridgehead atoms. The van der Waals surface area contributed by atoms with E-state index in [2.05, 4.69) is 26.4 Å². The van der Waals surface area contributed by atoms with Gasteiger partial charge >= 0.3 is 5.97 Å². The lowest BCUT2D eigenvalue weighted by atomic mass is 10.00. The molecule has 0 unspecified atom stereocenters. The highest BCUT2D eigenvalue weighted by atomic mass is 16.5. The number of H-pyrrole nitrogens is 1. The van der Waals surface area contributed by atoms with Crippen LogP contribution in [0, 0.1) is 0 Å². The highest BCUT2D eigenvalue weighted by Crippen LogP contribution is 2.34. The second-order valence-electron chi connectivity index (χ2n) is 6.92. The zero-order valence-corrected chi connectivity index (χ0v) is 16.9. The maximum atomic E-state index is 12.3. The molecule has 2 aromatic carbocycles. The number of hydrogen-bond donors (Lipinski definition) is 5. The summed E-state index contributed by atoms with van der Waals surface area (Å²) in [6.07, 6.45) is 1.62. The van der Waals surface area contributed by atoms with E-state index >= 15 is 0 Å². The first kappa shape index (κ1) is 20.2. The molecule has 4 rings (SSSR count). The van der Waals surface area contributed by atoms with E-state index in [1.807, 2.05) is 49.4 Å². The molecule has 158 valence electrons. The lowest BCUT2D eigenvalue weighted by molar-refractivity contribution is -0.132. The molecule has 0 aliphatic carbocycles. The van der Waals surface area contributed by atoms with Crippen LogP contribution in [-0.2, 0) is 4.79 Å². The monoisotopic (exact) mass is 419 g/mol. The molecular formula is C22H21N5O4. The highest BCUT2D eigenvalue weighted by Gasteiger charge is 2.19. The molecule has 0 atom stereocenters. The molecule has 31 heavy (non-hydrogen) atoms. The van der Waals surface area contributed by atoms with Gasteiger partial charge in [0, 0.05) is 5.57 Å². The first-order chi connectivity index (χ1) is 15.0. The number of ether oxygens (including phenoxy) is 1. The fourth-order valence-corrected chi connectivity index (χ4v) is 3.25. The minimum Gasteiger partial charge on any atom is -0.493 e. The van der Waals surface area contributed by atoms with E-state index < -0.39 is 5.97 Å². The highest BCUT2D eigenvalue weighted by molar-refractivity contribution is 5.91. The summed E-state index contributed by atoms with van der Waals surface area (Å²) in [5.74, 6) is 0.401. The summed E-state index contributed by atoms with van der Waals surface area (Å²) < 4.78 is 5.84. The summed E-state index contributed by atoms with van der Waals surface area (Å²) in [6, 6.07) is 13.2. The van der Waals surface area contributed by atoms with Crippen molar-refractivity contribution >= 4 is 23.6 Å². The number of carboxylic acid groups (broad SMARTS) is 1.